The van der Waals surface area contributed by atoms with E-state index in [1.54, 1.807) is 0 Å². The SMILES string of the molecule is Cc1c(Br)c2ccccc2n1Cc1ccc(F)cc1CN. The average Bonchev–Trinajstić information content (AvgIpc) is 2.74. The van der Waals surface area contributed by atoms with Crippen molar-refractivity contribution < 1.29 is 4.39 Å². The number of hydrogen-bond donors (Lipinski definition) is 1. The van der Waals surface area contributed by atoms with Crippen molar-refractivity contribution in [1.82, 2.24) is 4.57 Å². The maximum absolute atomic E-state index is 13.3. The van der Waals surface area contributed by atoms with Crippen LogP contribution in [-0.4, -0.2) is 4.57 Å². The second kappa shape index (κ2) is 5.62. The molecule has 4 heteroatoms. The van der Waals surface area contributed by atoms with Crippen LogP contribution in [0.2, 0.25) is 0 Å². The summed E-state index contributed by atoms with van der Waals surface area (Å²) >= 11 is 3.66. The lowest BCUT2D eigenvalue weighted by Crippen LogP contribution is -2.08. The molecule has 0 saturated heterocycles. The Hall–Kier alpha value is -1.65. The van der Waals surface area contributed by atoms with Crippen LogP contribution in [0, 0.1) is 12.7 Å². The van der Waals surface area contributed by atoms with E-state index >= 15 is 0 Å². The van der Waals surface area contributed by atoms with Crippen molar-refractivity contribution in [3.05, 3.63) is 69.6 Å². The van der Waals surface area contributed by atoms with Crippen LogP contribution in [0.25, 0.3) is 10.9 Å². The number of rotatable bonds is 3. The first-order valence-electron chi connectivity index (χ1n) is 6.82. The zero-order valence-corrected chi connectivity index (χ0v) is 13.3. The summed E-state index contributed by atoms with van der Waals surface area (Å²) in [5.74, 6) is -0.241. The number of benzene rings is 2. The molecule has 0 aliphatic heterocycles. The summed E-state index contributed by atoms with van der Waals surface area (Å²) in [5.41, 5.74) is 9.96. The van der Waals surface area contributed by atoms with Crippen LogP contribution in [0.5, 0.6) is 0 Å². The van der Waals surface area contributed by atoms with E-state index in [0.29, 0.717) is 13.1 Å². The lowest BCUT2D eigenvalue weighted by atomic mass is 10.1. The second-order valence-electron chi connectivity index (χ2n) is 5.12. The van der Waals surface area contributed by atoms with Crippen molar-refractivity contribution in [3.63, 3.8) is 0 Å². The minimum atomic E-state index is -0.241. The molecule has 3 rings (SSSR count). The highest BCUT2D eigenvalue weighted by molar-refractivity contribution is 9.10. The van der Waals surface area contributed by atoms with E-state index in [0.717, 1.165) is 26.8 Å². The van der Waals surface area contributed by atoms with Crippen LogP contribution >= 0.6 is 15.9 Å². The molecule has 0 radical (unpaired) electrons. The number of hydrogen-bond acceptors (Lipinski definition) is 1. The molecule has 21 heavy (non-hydrogen) atoms. The first-order chi connectivity index (χ1) is 10.1. The van der Waals surface area contributed by atoms with Gasteiger partial charge in [-0.3, -0.25) is 0 Å². The quantitative estimate of drug-likeness (QED) is 0.750. The highest BCUT2D eigenvalue weighted by atomic mass is 79.9. The molecule has 2 N–H and O–H groups in total. The van der Waals surface area contributed by atoms with Gasteiger partial charge in [-0.1, -0.05) is 24.3 Å². The third-order valence-corrected chi connectivity index (χ3v) is 4.87. The summed E-state index contributed by atoms with van der Waals surface area (Å²) in [6.07, 6.45) is 0. The first-order valence-corrected chi connectivity index (χ1v) is 7.62. The van der Waals surface area contributed by atoms with Gasteiger partial charge < -0.3 is 10.3 Å². The molecule has 2 nitrogen and oxygen atoms in total. The van der Waals surface area contributed by atoms with Crippen molar-refractivity contribution in [3.8, 4) is 0 Å². The maximum Gasteiger partial charge on any atom is 0.123 e. The van der Waals surface area contributed by atoms with Gasteiger partial charge in [0.15, 0.2) is 0 Å². The molecule has 1 heterocycles. The lowest BCUT2D eigenvalue weighted by Gasteiger charge is -2.12. The van der Waals surface area contributed by atoms with Crippen molar-refractivity contribution in [1.29, 1.82) is 0 Å². The third kappa shape index (κ3) is 2.49. The second-order valence-corrected chi connectivity index (χ2v) is 5.91. The predicted molar refractivity (Wildman–Crippen MR) is 87.8 cm³/mol. The van der Waals surface area contributed by atoms with Gasteiger partial charge in [-0.05, 0) is 52.2 Å². The third-order valence-electron chi connectivity index (χ3n) is 3.87. The highest BCUT2D eigenvalue weighted by Crippen LogP contribution is 2.31. The average molecular weight is 347 g/mol. The van der Waals surface area contributed by atoms with E-state index in [1.165, 1.54) is 17.5 Å². The Labute approximate surface area is 131 Å². The van der Waals surface area contributed by atoms with Gasteiger partial charge in [0.1, 0.15) is 5.82 Å². The minimum Gasteiger partial charge on any atom is -0.339 e. The molecule has 0 fully saturated rings. The maximum atomic E-state index is 13.3. The van der Waals surface area contributed by atoms with Crippen molar-refractivity contribution in [2.75, 3.05) is 0 Å². The van der Waals surface area contributed by atoms with Crippen LogP contribution in [0.15, 0.2) is 46.9 Å². The fourth-order valence-corrected chi connectivity index (χ4v) is 3.25. The van der Waals surface area contributed by atoms with Crippen molar-refractivity contribution in [2.24, 2.45) is 5.73 Å². The molecule has 108 valence electrons. The number of halogens is 2. The molecule has 0 amide bonds. The molecule has 0 unspecified atom stereocenters. The normalized spacial score (nSPS) is 11.2. The first kappa shape index (κ1) is 14.3. The van der Waals surface area contributed by atoms with Gasteiger partial charge in [-0.25, -0.2) is 4.39 Å². The predicted octanol–water partition coefficient (Wildman–Crippen LogP) is 4.36. The number of nitrogens with zero attached hydrogens (tertiary/aromatic N) is 1. The molecule has 0 spiro atoms. The van der Waals surface area contributed by atoms with Gasteiger partial charge >= 0.3 is 0 Å². The summed E-state index contributed by atoms with van der Waals surface area (Å²) in [7, 11) is 0. The standard InChI is InChI=1S/C17H16BrFN2/c1-11-17(18)15-4-2-3-5-16(15)21(11)10-12-6-7-14(19)8-13(12)9-20/h2-8H,9-10,20H2,1H3. The van der Waals surface area contributed by atoms with E-state index in [1.807, 2.05) is 18.2 Å². The lowest BCUT2D eigenvalue weighted by molar-refractivity contribution is 0.623. The van der Waals surface area contributed by atoms with Gasteiger partial charge in [-0.15, -0.1) is 0 Å². The fraction of sp³-hybridized carbons (Fsp3) is 0.176. The Morgan fingerprint density at radius 3 is 2.67 bits per heavy atom. The monoisotopic (exact) mass is 346 g/mol. The Morgan fingerprint density at radius 2 is 1.90 bits per heavy atom. The van der Waals surface area contributed by atoms with Gasteiger partial charge in [0, 0.05) is 34.2 Å². The molecular weight excluding hydrogens is 331 g/mol. The van der Waals surface area contributed by atoms with E-state index in [9.17, 15) is 4.39 Å². The molecule has 3 aromatic rings. The molecule has 0 atom stereocenters. The Balaban J connectivity index is 2.13. The van der Waals surface area contributed by atoms with E-state index in [4.69, 9.17) is 5.73 Å². The van der Waals surface area contributed by atoms with Gasteiger partial charge in [-0.2, -0.15) is 0 Å². The zero-order valence-electron chi connectivity index (χ0n) is 11.7. The van der Waals surface area contributed by atoms with Crippen molar-refractivity contribution in [2.45, 2.75) is 20.0 Å². The number of fused-ring (bicyclic) bond motifs is 1. The number of para-hydroxylation sites is 1. The van der Waals surface area contributed by atoms with E-state index in [-0.39, 0.29) is 5.82 Å². The molecular formula is C17H16BrFN2. The molecule has 1 aromatic heterocycles. The Morgan fingerprint density at radius 1 is 1.14 bits per heavy atom. The molecule has 0 saturated carbocycles. The molecule has 0 bridgehead atoms. The fourth-order valence-electron chi connectivity index (χ4n) is 2.70. The number of aromatic nitrogens is 1. The smallest absolute Gasteiger partial charge is 0.123 e. The molecule has 2 aromatic carbocycles. The molecule has 0 aliphatic rings. The summed E-state index contributed by atoms with van der Waals surface area (Å²) < 4.78 is 16.7. The summed E-state index contributed by atoms with van der Waals surface area (Å²) in [6.45, 7) is 3.10. The van der Waals surface area contributed by atoms with Gasteiger partial charge in [0.05, 0.1) is 0 Å². The Kier molecular flexibility index (Phi) is 3.83. The Bertz CT molecular complexity index is 808. The van der Waals surface area contributed by atoms with E-state index in [2.05, 4.69) is 39.6 Å². The van der Waals surface area contributed by atoms with Crippen LogP contribution in [0.3, 0.4) is 0 Å². The highest BCUT2D eigenvalue weighted by Gasteiger charge is 2.13. The van der Waals surface area contributed by atoms with Gasteiger partial charge in [0.2, 0.25) is 0 Å². The topological polar surface area (TPSA) is 30.9 Å². The van der Waals surface area contributed by atoms with Crippen LogP contribution < -0.4 is 5.73 Å². The molecule has 0 aliphatic carbocycles. The zero-order chi connectivity index (χ0) is 15.0. The van der Waals surface area contributed by atoms with Crippen LogP contribution in [0.1, 0.15) is 16.8 Å². The summed E-state index contributed by atoms with van der Waals surface area (Å²) in [6, 6.07) is 13.1. The summed E-state index contributed by atoms with van der Waals surface area (Å²) in [5, 5.41) is 1.19. The number of nitrogens with two attached hydrogens (primary N) is 1. The van der Waals surface area contributed by atoms with Crippen LogP contribution in [-0.2, 0) is 13.1 Å². The van der Waals surface area contributed by atoms with Crippen molar-refractivity contribution >= 4 is 26.8 Å². The van der Waals surface area contributed by atoms with Gasteiger partial charge in [0.25, 0.3) is 0 Å². The van der Waals surface area contributed by atoms with Crippen LogP contribution in [0.4, 0.5) is 4.39 Å². The largest absolute Gasteiger partial charge is 0.339 e. The summed E-state index contributed by atoms with van der Waals surface area (Å²) in [4.78, 5) is 0. The minimum absolute atomic E-state index is 0.241. The van der Waals surface area contributed by atoms with E-state index < -0.39 is 0 Å².